The van der Waals surface area contributed by atoms with Crippen LogP contribution in [0.5, 0.6) is 0 Å². The molecule has 2 unspecified atom stereocenters. The molecule has 0 radical (unpaired) electrons. The molecule has 20 heavy (non-hydrogen) atoms. The second kappa shape index (κ2) is 8.04. The molecule has 0 aromatic heterocycles. The van der Waals surface area contributed by atoms with Crippen LogP contribution in [0.25, 0.3) is 0 Å². The Labute approximate surface area is 139 Å². The Morgan fingerprint density at radius 1 is 1.55 bits per heavy atom. The van der Waals surface area contributed by atoms with Gasteiger partial charge in [0.15, 0.2) is 0 Å². The van der Waals surface area contributed by atoms with Crippen LogP contribution in [0, 0.1) is 0 Å². The molecule has 1 fully saturated rings. The lowest BCUT2D eigenvalue weighted by Gasteiger charge is -2.32. The lowest BCUT2D eigenvalue weighted by atomic mass is 10.1. The second-order valence-corrected chi connectivity index (χ2v) is 7.90. The van der Waals surface area contributed by atoms with E-state index in [4.69, 9.17) is 11.6 Å². The molecule has 1 N–H and O–H groups in total. The van der Waals surface area contributed by atoms with E-state index in [2.05, 4.69) is 39.5 Å². The predicted octanol–water partition coefficient (Wildman–Crippen LogP) is 4.35. The largest absolute Gasteiger partial charge is 0.388 e. The van der Waals surface area contributed by atoms with Crippen LogP contribution in [-0.4, -0.2) is 40.6 Å². The van der Waals surface area contributed by atoms with Gasteiger partial charge in [-0.15, -0.1) is 0 Å². The minimum Gasteiger partial charge on any atom is -0.388 e. The van der Waals surface area contributed by atoms with Crippen LogP contribution >= 0.6 is 39.3 Å². The first-order valence-corrected chi connectivity index (χ1v) is 9.29. The van der Waals surface area contributed by atoms with Crippen molar-refractivity contribution in [3.8, 4) is 0 Å². The molecule has 2 atom stereocenters. The standard InChI is InChI=1S/C15H21BrClNOS/c1-2-12-10-18(7-8-20-12)6-5-15(19)13-4-3-11(16)9-14(13)17/h3-4,9,12,15,19H,2,5-8,10H2,1H3. The third kappa shape index (κ3) is 4.63. The van der Waals surface area contributed by atoms with E-state index in [1.54, 1.807) is 0 Å². The fraction of sp³-hybridized carbons (Fsp3) is 0.600. The Morgan fingerprint density at radius 3 is 3.05 bits per heavy atom. The lowest BCUT2D eigenvalue weighted by molar-refractivity contribution is 0.143. The van der Waals surface area contributed by atoms with Gasteiger partial charge in [0.1, 0.15) is 0 Å². The average Bonchev–Trinajstić information content (AvgIpc) is 2.45. The molecule has 0 saturated carbocycles. The van der Waals surface area contributed by atoms with E-state index >= 15 is 0 Å². The van der Waals surface area contributed by atoms with Crippen molar-refractivity contribution in [2.45, 2.75) is 31.1 Å². The summed E-state index contributed by atoms with van der Waals surface area (Å²) < 4.78 is 0.942. The first-order valence-electron chi connectivity index (χ1n) is 7.07. The van der Waals surface area contributed by atoms with Crippen LogP contribution in [0.15, 0.2) is 22.7 Å². The van der Waals surface area contributed by atoms with Crippen molar-refractivity contribution in [2.24, 2.45) is 0 Å². The zero-order valence-electron chi connectivity index (χ0n) is 11.7. The molecule has 0 aliphatic carbocycles. The highest BCUT2D eigenvalue weighted by molar-refractivity contribution is 9.10. The third-order valence-corrected chi connectivity index (χ3v) is 5.91. The smallest absolute Gasteiger partial charge is 0.0816 e. The van der Waals surface area contributed by atoms with E-state index in [-0.39, 0.29) is 0 Å². The zero-order chi connectivity index (χ0) is 14.5. The summed E-state index contributed by atoms with van der Waals surface area (Å²) in [4.78, 5) is 2.46. The summed E-state index contributed by atoms with van der Waals surface area (Å²) in [7, 11) is 0. The summed E-state index contributed by atoms with van der Waals surface area (Å²) in [5.41, 5.74) is 0.827. The molecule has 1 heterocycles. The van der Waals surface area contributed by atoms with Crippen LogP contribution in [-0.2, 0) is 0 Å². The van der Waals surface area contributed by atoms with Gasteiger partial charge in [0.25, 0.3) is 0 Å². The van der Waals surface area contributed by atoms with Gasteiger partial charge in [-0.2, -0.15) is 11.8 Å². The first kappa shape index (κ1) is 16.6. The SMILES string of the molecule is CCC1CN(CCC(O)c2ccc(Br)cc2Cl)CCS1. The molecule has 2 nitrogen and oxygen atoms in total. The number of hydrogen-bond acceptors (Lipinski definition) is 3. The van der Waals surface area contributed by atoms with Crippen molar-refractivity contribution in [1.29, 1.82) is 0 Å². The molecule has 112 valence electrons. The highest BCUT2D eigenvalue weighted by Crippen LogP contribution is 2.29. The van der Waals surface area contributed by atoms with Crippen LogP contribution in [0.3, 0.4) is 0 Å². The van der Waals surface area contributed by atoms with E-state index in [0.29, 0.717) is 5.02 Å². The summed E-state index contributed by atoms with van der Waals surface area (Å²) in [6.45, 7) is 5.45. The quantitative estimate of drug-likeness (QED) is 0.824. The number of halogens is 2. The molecule has 2 rings (SSSR count). The van der Waals surface area contributed by atoms with Gasteiger partial charge in [-0.05, 0) is 30.5 Å². The molecule has 1 aliphatic heterocycles. The average molecular weight is 379 g/mol. The normalized spacial score (nSPS) is 21.9. The van der Waals surface area contributed by atoms with Gasteiger partial charge >= 0.3 is 0 Å². The predicted molar refractivity (Wildman–Crippen MR) is 91.7 cm³/mol. The maximum Gasteiger partial charge on any atom is 0.0816 e. The van der Waals surface area contributed by atoms with E-state index in [1.807, 2.05) is 18.2 Å². The summed E-state index contributed by atoms with van der Waals surface area (Å²) in [6.07, 6.45) is 1.48. The van der Waals surface area contributed by atoms with Crippen molar-refractivity contribution in [3.05, 3.63) is 33.3 Å². The third-order valence-electron chi connectivity index (χ3n) is 3.72. The number of thioether (sulfide) groups is 1. The van der Waals surface area contributed by atoms with Gasteiger partial charge in [0.2, 0.25) is 0 Å². The fourth-order valence-corrected chi connectivity index (χ4v) is 4.51. The molecule has 5 heteroatoms. The van der Waals surface area contributed by atoms with Crippen molar-refractivity contribution >= 4 is 39.3 Å². The first-order chi connectivity index (χ1) is 9.60. The molecule has 0 amide bonds. The van der Waals surface area contributed by atoms with E-state index in [0.717, 1.165) is 41.3 Å². The van der Waals surface area contributed by atoms with Crippen molar-refractivity contribution in [2.75, 3.05) is 25.4 Å². The topological polar surface area (TPSA) is 23.5 Å². The Kier molecular flexibility index (Phi) is 6.69. The van der Waals surface area contributed by atoms with Gasteiger partial charge in [-0.3, -0.25) is 0 Å². The van der Waals surface area contributed by atoms with Crippen LogP contribution in [0.2, 0.25) is 5.02 Å². The lowest BCUT2D eigenvalue weighted by Crippen LogP contribution is -2.38. The number of hydrogen-bond donors (Lipinski definition) is 1. The molecule has 0 spiro atoms. The van der Waals surface area contributed by atoms with Crippen molar-refractivity contribution in [3.63, 3.8) is 0 Å². The molecule has 1 saturated heterocycles. The Hall–Kier alpha value is 0.260. The van der Waals surface area contributed by atoms with E-state index < -0.39 is 6.10 Å². The van der Waals surface area contributed by atoms with Crippen molar-refractivity contribution in [1.82, 2.24) is 4.90 Å². The number of aliphatic hydroxyl groups is 1. The molecular formula is C15H21BrClNOS. The number of rotatable bonds is 5. The van der Waals surface area contributed by atoms with Crippen LogP contribution in [0.4, 0.5) is 0 Å². The number of benzene rings is 1. The summed E-state index contributed by atoms with van der Waals surface area (Å²) in [6, 6.07) is 5.66. The van der Waals surface area contributed by atoms with Gasteiger partial charge in [0, 0.05) is 40.1 Å². The summed E-state index contributed by atoms with van der Waals surface area (Å²) >= 11 is 11.6. The number of nitrogens with zero attached hydrogens (tertiary/aromatic N) is 1. The fourth-order valence-electron chi connectivity index (χ4n) is 2.46. The van der Waals surface area contributed by atoms with Crippen LogP contribution < -0.4 is 0 Å². The second-order valence-electron chi connectivity index (χ2n) is 5.17. The summed E-state index contributed by atoms with van der Waals surface area (Å²) in [5, 5.41) is 11.7. The van der Waals surface area contributed by atoms with E-state index in [9.17, 15) is 5.11 Å². The summed E-state index contributed by atoms with van der Waals surface area (Å²) in [5.74, 6) is 1.20. The minimum atomic E-state index is -0.481. The van der Waals surface area contributed by atoms with Gasteiger partial charge in [0.05, 0.1) is 6.10 Å². The molecule has 0 bridgehead atoms. The van der Waals surface area contributed by atoms with Gasteiger partial charge in [-0.1, -0.05) is 40.5 Å². The number of aliphatic hydroxyl groups excluding tert-OH is 1. The van der Waals surface area contributed by atoms with Gasteiger partial charge in [-0.25, -0.2) is 0 Å². The molecule has 1 aromatic carbocycles. The highest BCUT2D eigenvalue weighted by atomic mass is 79.9. The Morgan fingerprint density at radius 2 is 2.35 bits per heavy atom. The van der Waals surface area contributed by atoms with E-state index in [1.165, 1.54) is 12.2 Å². The minimum absolute atomic E-state index is 0.481. The molecular weight excluding hydrogens is 358 g/mol. The molecule has 1 aliphatic rings. The Balaban J connectivity index is 1.86. The zero-order valence-corrected chi connectivity index (χ0v) is 14.8. The highest BCUT2D eigenvalue weighted by Gasteiger charge is 2.20. The monoisotopic (exact) mass is 377 g/mol. The maximum absolute atomic E-state index is 10.3. The van der Waals surface area contributed by atoms with Crippen LogP contribution in [0.1, 0.15) is 31.4 Å². The Bertz CT molecular complexity index is 446. The van der Waals surface area contributed by atoms with Gasteiger partial charge < -0.3 is 10.0 Å². The molecule has 1 aromatic rings. The van der Waals surface area contributed by atoms with Crippen molar-refractivity contribution < 1.29 is 5.11 Å². The maximum atomic E-state index is 10.3.